The summed E-state index contributed by atoms with van der Waals surface area (Å²) in [5.41, 5.74) is -1.33. The fourth-order valence-corrected chi connectivity index (χ4v) is 2.54. The molecule has 0 saturated heterocycles. The molecule has 0 atom stereocenters. The van der Waals surface area contributed by atoms with Crippen LogP contribution >= 0.6 is 0 Å². The highest BCUT2D eigenvalue weighted by Gasteiger charge is 2.30. The van der Waals surface area contributed by atoms with E-state index in [9.17, 15) is 26.4 Å². The molecule has 0 bridgehead atoms. The van der Waals surface area contributed by atoms with Crippen molar-refractivity contribution in [2.45, 2.75) is 6.18 Å². The Labute approximate surface area is 123 Å². The van der Waals surface area contributed by atoms with Crippen molar-refractivity contribution in [2.75, 3.05) is 7.11 Å². The smallest absolute Gasteiger partial charge is 0.416 e. The van der Waals surface area contributed by atoms with Gasteiger partial charge in [0, 0.05) is 5.56 Å². The number of allylic oxidation sites excluding steroid dienone is 1. The average molecular weight is 334 g/mol. The normalized spacial score (nSPS) is 17.1. The maximum Gasteiger partial charge on any atom is 0.416 e. The molecule has 1 aromatic carbocycles. The van der Waals surface area contributed by atoms with E-state index in [2.05, 4.69) is 9.13 Å². The monoisotopic (exact) mass is 334 g/mol. The number of hydrogen-bond acceptors (Lipinski definition) is 4. The number of esters is 1. The highest BCUT2D eigenvalue weighted by Crippen LogP contribution is 2.29. The van der Waals surface area contributed by atoms with Crippen LogP contribution in [0, 0.1) is 0 Å². The molecule has 0 aliphatic carbocycles. The van der Waals surface area contributed by atoms with E-state index >= 15 is 0 Å². The number of nitrogens with zero attached hydrogens (tertiary/aromatic N) is 1. The summed E-state index contributed by atoms with van der Waals surface area (Å²) in [6, 6.07) is 3.71. The highest BCUT2D eigenvalue weighted by molar-refractivity contribution is 7.88. The first-order valence-corrected chi connectivity index (χ1v) is 7.17. The summed E-state index contributed by atoms with van der Waals surface area (Å²) in [5.74, 6) is -0.942. The number of halogens is 3. The van der Waals surface area contributed by atoms with E-state index in [4.69, 9.17) is 0 Å². The van der Waals surface area contributed by atoms with Gasteiger partial charge in [-0.2, -0.15) is 21.6 Å². The first-order chi connectivity index (χ1) is 10.1. The molecule has 1 heterocycles. The van der Waals surface area contributed by atoms with Gasteiger partial charge in [0.25, 0.3) is 0 Å². The van der Waals surface area contributed by atoms with Gasteiger partial charge in [0.15, 0.2) is 0 Å². The van der Waals surface area contributed by atoms with E-state index < -0.39 is 27.9 Å². The number of methoxy groups -OCH3 is 1. The lowest BCUT2D eigenvalue weighted by Crippen LogP contribution is -2.31. The number of nitrogens with one attached hydrogen (secondary N) is 1. The van der Waals surface area contributed by atoms with Gasteiger partial charge in [0.05, 0.1) is 18.4 Å². The van der Waals surface area contributed by atoms with E-state index in [-0.39, 0.29) is 17.0 Å². The van der Waals surface area contributed by atoms with Crippen LogP contribution in [-0.4, -0.2) is 27.2 Å². The van der Waals surface area contributed by atoms with Gasteiger partial charge in [-0.1, -0.05) is 12.1 Å². The zero-order valence-electron chi connectivity index (χ0n) is 11.0. The van der Waals surface area contributed by atoms with E-state index in [0.29, 0.717) is 0 Å². The van der Waals surface area contributed by atoms with Gasteiger partial charge in [-0.25, -0.2) is 4.79 Å². The maximum atomic E-state index is 12.5. The van der Waals surface area contributed by atoms with E-state index in [1.54, 1.807) is 0 Å². The predicted molar refractivity (Wildman–Crippen MR) is 70.1 cm³/mol. The molecule has 0 fully saturated rings. The molecule has 1 N–H and O–H groups in total. The number of hydrogen-bond donors (Lipinski definition) is 1. The van der Waals surface area contributed by atoms with Gasteiger partial charge < -0.3 is 4.74 Å². The predicted octanol–water partition coefficient (Wildman–Crippen LogP) is 1.40. The van der Waals surface area contributed by atoms with Crippen LogP contribution in [0.1, 0.15) is 11.1 Å². The van der Waals surface area contributed by atoms with Crippen LogP contribution in [0.3, 0.4) is 0 Å². The Morgan fingerprint density at radius 3 is 2.32 bits per heavy atom. The Morgan fingerprint density at radius 2 is 1.82 bits per heavy atom. The second-order valence-corrected chi connectivity index (χ2v) is 5.52. The Bertz CT molecular complexity index is 765. The number of alkyl halides is 3. The minimum absolute atomic E-state index is 0.111. The summed E-state index contributed by atoms with van der Waals surface area (Å²) in [4.78, 5) is 11.4. The SMILES string of the molecule is COC(=O)C1=CC(c2ccc(C(F)(F)F)cc2)=NS(=O)(=O)N1. The van der Waals surface area contributed by atoms with Gasteiger partial charge in [-0.05, 0) is 18.2 Å². The minimum Gasteiger partial charge on any atom is -0.464 e. The van der Waals surface area contributed by atoms with Crippen LogP contribution in [0.25, 0.3) is 0 Å². The quantitative estimate of drug-likeness (QED) is 0.829. The third kappa shape index (κ3) is 3.45. The van der Waals surface area contributed by atoms with Crippen LogP contribution in [0.15, 0.2) is 40.4 Å². The molecule has 22 heavy (non-hydrogen) atoms. The number of ether oxygens (including phenoxy) is 1. The molecule has 1 aliphatic heterocycles. The topological polar surface area (TPSA) is 84.8 Å². The van der Waals surface area contributed by atoms with Gasteiger partial charge in [-0.15, -0.1) is 4.40 Å². The standard InChI is InChI=1S/C12H9F3N2O4S/c1-21-11(18)10-6-9(16-22(19,20)17-10)7-2-4-8(5-3-7)12(13,14)15/h2-6,17H,1H3. The molecule has 1 aromatic rings. The van der Waals surface area contributed by atoms with Crippen LogP contribution in [0.4, 0.5) is 13.2 Å². The molecule has 0 amide bonds. The second kappa shape index (κ2) is 5.44. The third-order valence-corrected chi connectivity index (χ3v) is 3.57. The molecule has 6 nitrogen and oxygen atoms in total. The average Bonchev–Trinajstić information content (AvgIpc) is 2.44. The fourth-order valence-electron chi connectivity index (χ4n) is 1.66. The number of carbonyl (C=O) groups is 1. The van der Waals surface area contributed by atoms with Crippen LogP contribution < -0.4 is 4.72 Å². The fraction of sp³-hybridized carbons (Fsp3) is 0.167. The van der Waals surface area contributed by atoms with Crippen molar-refractivity contribution >= 4 is 21.9 Å². The Balaban J connectivity index is 2.44. The van der Waals surface area contributed by atoms with Crippen molar-refractivity contribution < 1.29 is 31.1 Å². The first-order valence-electron chi connectivity index (χ1n) is 5.73. The molecule has 10 heteroatoms. The van der Waals surface area contributed by atoms with Crippen molar-refractivity contribution in [2.24, 2.45) is 4.40 Å². The van der Waals surface area contributed by atoms with Crippen molar-refractivity contribution in [3.63, 3.8) is 0 Å². The number of rotatable bonds is 2. The summed E-state index contributed by atoms with van der Waals surface area (Å²) >= 11 is 0. The molecule has 2 rings (SSSR count). The lowest BCUT2D eigenvalue weighted by Gasteiger charge is -2.14. The molecular weight excluding hydrogens is 325 g/mol. The molecule has 0 aromatic heterocycles. The van der Waals surface area contributed by atoms with E-state index in [1.165, 1.54) is 0 Å². The van der Waals surface area contributed by atoms with Gasteiger partial charge in [-0.3, -0.25) is 4.72 Å². The number of benzene rings is 1. The number of carbonyl (C=O) groups excluding carboxylic acids is 1. The molecule has 1 aliphatic rings. The van der Waals surface area contributed by atoms with E-state index in [0.717, 1.165) is 37.5 Å². The molecule has 0 radical (unpaired) electrons. The van der Waals surface area contributed by atoms with Crippen molar-refractivity contribution in [3.8, 4) is 0 Å². The van der Waals surface area contributed by atoms with Crippen molar-refractivity contribution in [1.82, 2.24) is 4.72 Å². The van der Waals surface area contributed by atoms with Crippen LogP contribution in [0.5, 0.6) is 0 Å². The van der Waals surface area contributed by atoms with Gasteiger partial charge in [0.2, 0.25) is 0 Å². The zero-order chi connectivity index (χ0) is 16.5. The summed E-state index contributed by atoms with van der Waals surface area (Å²) < 4.78 is 70.2. The van der Waals surface area contributed by atoms with Gasteiger partial charge in [0.1, 0.15) is 5.70 Å². The highest BCUT2D eigenvalue weighted by atomic mass is 32.2. The minimum atomic E-state index is -4.51. The molecular formula is C12H9F3N2O4S. The summed E-state index contributed by atoms with van der Waals surface area (Å²) in [6.45, 7) is 0. The van der Waals surface area contributed by atoms with Gasteiger partial charge >= 0.3 is 22.4 Å². The summed E-state index contributed by atoms with van der Waals surface area (Å²) in [6.07, 6.45) is -3.43. The lowest BCUT2D eigenvalue weighted by atomic mass is 10.1. The molecule has 0 unspecified atom stereocenters. The molecule has 118 valence electrons. The zero-order valence-corrected chi connectivity index (χ0v) is 11.8. The third-order valence-electron chi connectivity index (χ3n) is 2.65. The van der Waals surface area contributed by atoms with Crippen molar-refractivity contribution in [1.29, 1.82) is 0 Å². The lowest BCUT2D eigenvalue weighted by molar-refractivity contribution is -0.138. The Hall–Kier alpha value is -2.36. The Kier molecular flexibility index (Phi) is 3.96. The van der Waals surface area contributed by atoms with Crippen LogP contribution in [-0.2, 0) is 25.9 Å². The van der Waals surface area contributed by atoms with Crippen molar-refractivity contribution in [3.05, 3.63) is 47.2 Å². The van der Waals surface area contributed by atoms with E-state index in [1.807, 2.05) is 4.72 Å². The second-order valence-electron chi connectivity index (χ2n) is 4.18. The molecule has 0 spiro atoms. The molecule has 0 saturated carbocycles. The maximum absolute atomic E-state index is 12.5. The Morgan fingerprint density at radius 1 is 1.23 bits per heavy atom. The summed E-state index contributed by atoms with van der Waals surface area (Å²) in [5, 5.41) is 0. The van der Waals surface area contributed by atoms with Crippen LogP contribution in [0.2, 0.25) is 0 Å². The first kappa shape index (κ1) is 16.0. The largest absolute Gasteiger partial charge is 0.464 e. The summed E-state index contributed by atoms with van der Waals surface area (Å²) in [7, 11) is -3.12.